The van der Waals surface area contributed by atoms with Crippen molar-refractivity contribution in [2.75, 3.05) is 13.2 Å². The first-order valence-corrected chi connectivity index (χ1v) is 5.33. The Balaban J connectivity index is 2.11. The van der Waals surface area contributed by atoms with Gasteiger partial charge in [0.1, 0.15) is 18.1 Å². The lowest BCUT2D eigenvalue weighted by atomic mass is 10.1. The van der Waals surface area contributed by atoms with Crippen molar-refractivity contribution in [1.29, 1.82) is 0 Å². The van der Waals surface area contributed by atoms with Crippen LogP contribution in [0.3, 0.4) is 0 Å². The van der Waals surface area contributed by atoms with Gasteiger partial charge in [0.2, 0.25) is 5.78 Å². The molecule has 0 aliphatic carbocycles. The van der Waals surface area contributed by atoms with E-state index in [1.165, 1.54) is 5.54 Å². The van der Waals surface area contributed by atoms with E-state index in [9.17, 15) is 4.79 Å². The lowest BCUT2D eigenvalue weighted by molar-refractivity contribution is 0.0961. The van der Waals surface area contributed by atoms with Gasteiger partial charge in [-0.1, -0.05) is 11.6 Å². The number of halogens is 1. The van der Waals surface area contributed by atoms with E-state index < -0.39 is 0 Å². The molecule has 1 aromatic rings. The molecule has 4 heteroatoms. The van der Waals surface area contributed by atoms with Gasteiger partial charge in [0.15, 0.2) is 6.61 Å². The Bertz CT molecular complexity index is 452. The standard InChI is InChI=1S/C12H11ClO3/c1-8(5-13)6-15-9-2-3-10-11(14)7-16-12(10)4-9/h2-5H,6-7H2,1H3/b8-5-. The minimum atomic E-state index is 0.0124. The average molecular weight is 239 g/mol. The summed E-state index contributed by atoms with van der Waals surface area (Å²) in [4.78, 5) is 11.3. The predicted octanol–water partition coefficient (Wildman–Crippen LogP) is 2.78. The number of rotatable bonds is 3. The molecule has 0 atom stereocenters. The minimum absolute atomic E-state index is 0.0124. The lowest BCUT2D eigenvalue weighted by Crippen LogP contribution is -1.99. The monoisotopic (exact) mass is 238 g/mol. The Morgan fingerprint density at radius 1 is 1.62 bits per heavy atom. The molecule has 0 amide bonds. The highest BCUT2D eigenvalue weighted by molar-refractivity contribution is 6.25. The second-order valence-corrected chi connectivity index (χ2v) is 3.83. The van der Waals surface area contributed by atoms with Gasteiger partial charge in [-0.05, 0) is 24.6 Å². The SMILES string of the molecule is C/C(=C/Cl)COc1ccc2c(c1)OCC2=O. The molecule has 1 aromatic carbocycles. The molecular formula is C12H11ClO3. The van der Waals surface area contributed by atoms with Crippen LogP contribution in [0.4, 0.5) is 0 Å². The number of hydrogen-bond acceptors (Lipinski definition) is 3. The van der Waals surface area contributed by atoms with Crippen molar-refractivity contribution in [3.8, 4) is 11.5 Å². The van der Waals surface area contributed by atoms with E-state index in [0.29, 0.717) is 23.7 Å². The summed E-state index contributed by atoms with van der Waals surface area (Å²) in [7, 11) is 0. The second kappa shape index (κ2) is 4.58. The number of benzene rings is 1. The molecule has 0 fully saturated rings. The molecule has 0 spiro atoms. The summed E-state index contributed by atoms with van der Waals surface area (Å²) in [5.74, 6) is 1.28. The van der Waals surface area contributed by atoms with Crippen molar-refractivity contribution in [3.05, 3.63) is 34.9 Å². The van der Waals surface area contributed by atoms with Crippen molar-refractivity contribution in [3.63, 3.8) is 0 Å². The van der Waals surface area contributed by atoms with Gasteiger partial charge in [-0.15, -0.1) is 0 Å². The molecule has 0 radical (unpaired) electrons. The van der Waals surface area contributed by atoms with Gasteiger partial charge in [-0.25, -0.2) is 0 Å². The Labute approximate surface area is 98.6 Å². The van der Waals surface area contributed by atoms with Crippen LogP contribution in [0, 0.1) is 0 Å². The highest BCUT2D eigenvalue weighted by atomic mass is 35.5. The lowest BCUT2D eigenvalue weighted by Gasteiger charge is -2.06. The molecule has 0 saturated heterocycles. The first kappa shape index (κ1) is 11.0. The van der Waals surface area contributed by atoms with Crippen molar-refractivity contribution >= 4 is 17.4 Å². The van der Waals surface area contributed by atoms with Gasteiger partial charge < -0.3 is 9.47 Å². The molecule has 0 saturated carbocycles. The topological polar surface area (TPSA) is 35.5 Å². The molecule has 2 rings (SSSR count). The fraction of sp³-hybridized carbons (Fsp3) is 0.250. The summed E-state index contributed by atoms with van der Waals surface area (Å²) >= 11 is 5.52. The molecule has 1 aliphatic heterocycles. The number of carbonyl (C=O) groups is 1. The maximum Gasteiger partial charge on any atom is 0.203 e. The first-order valence-electron chi connectivity index (χ1n) is 4.89. The summed E-state index contributed by atoms with van der Waals surface area (Å²) in [6.45, 7) is 2.43. The van der Waals surface area contributed by atoms with E-state index >= 15 is 0 Å². The fourth-order valence-corrected chi connectivity index (χ4v) is 1.45. The van der Waals surface area contributed by atoms with Crippen LogP contribution >= 0.6 is 11.6 Å². The average Bonchev–Trinajstić information content (AvgIpc) is 2.67. The van der Waals surface area contributed by atoms with Crippen LogP contribution in [0.2, 0.25) is 0 Å². The molecule has 0 unspecified atom stereocenters. The molecule has 16 heavy (non-hydrogen) atoms. The smallest absolute Gasteiger partial charge is 0.203 e. The number of Topliss-reactive ketones (excluding diaryl/α,β-unsaturated/α-hetero) is 1. The Morgan fingerprint density at radius 2 is 2.44 bits per heavy atom. The van der Waals surface area contributed by atoms with Crippen LogP contribution < -0.4 is 9.47 Å². The zero-order valence-electron chi connectivity index (χ0n) is 8.83. The summed E-state index contributed by atoms with van der Waals surface area (Å²) in [5.41, 5.74) is 3.03. The van der Waals surface area contributed by atoms with Gasteiger partial charge in [-0.3, -0.25) is 4.79 Å². The van der Waals surface area contributed by atoms with E-state index in [4.69, 9.17) is 21.1 Å². The van der Waals surface area contributed by atoms with Crippen LogP contribution in [-0.4, -0.2) is 19.0 Å². The molecule has 1 heterocycles. The molecular weight excluding hydrogens is 228 g/mol. The summed E-state index contributed by atoms with van der Waals surface area (Å²) in [5, 5.41) is 0. The van der Waals surface area contributed by atoms with E-state index in [1.54, 1.807) is 18.2 Å². The Morgan fingerprint density at radius 3 is 3.19 bits per heavy atom. The van der Waals surface area contributed by atoms with Crippen LogP contribution in [-0.2, 0) is 0 Å². The molecule has 3 nitrogen and oxygen atoms in total. The zero-order chi connectivity index (χ0) is 11.5. The van der Waals surface area contributed by atoms with E-state index in [2.05, 4.69) is 0 Å². The van der Waals surface area contributed by atoms with Crippen molar-refractivity contribution in [1.82, 2.24) is 0 Å². The van der Waals surface area contributed by atoms with E-state index in [1.807, 2.05) is 6.92 Å². The molecule has 1 aliphatic rings. The van der Waals surface area contributed by atoms with Crippen LogP contribution in [0.1, 0.15) is 17.3 Å². The number of fused-ring (bicyclic) bond motifs is 1. The van der Waals surface area contributed by atoms with Crippen LogP contribution in [0.15, 0.2) is 29.3 Å². The number of ketones is 1. The fourth-order valence-electron chi connectivity index (χ4n) is 1.39. The van der Waals surface area contributed by atoms with Gasteiger partial charge in [0.25, 0.3) is 0 Å². The van der Waals surface area contributed by atoms with Crippen LogP contribution in [0.25, 0.3) is 0 Å². The second-order valence-electron chi connectivity index (χ2n) is 3.61. The minimum Gasteiger partial charge on any atom is -0.489 e. The molecule has 0 aromatic heterocycles. The van der Waals surface area contributed by atoms with Gasteiger partial charge in [0.05, 0.1) is 5.56 Å². The van der Waals surface area contributed by atoms with Gasteiger partial charge in [0, 0.05) is 11.6 Å². The van der Waals surface area contributed by atoms with Gasteiger partial charge in [-0.2, -0.15) is 0 Å². The molecule has 0 bridgehead atoms. The van der Waals surface area contributed by atoms with Crippen molar-refractivity contribution in [2.24, 2.45) is 0 Å². The molecule has 84 valence electrons. The normalized spacial score (nSPS) is 14.6. The molecule has 0 N–H and O–H groups in total. The zero-order valence-corrected chi connectivity index (χ0v) is 9.58. The highest BCUT2D eigenvalue weighted by Crippen LogP contribution is 2.29. The largest absolute Gasteiger partial charge is 0.489 e. The number of carbonyl (C=O) groups excluding carboxylic acids is 1. The Kier molecular flexibility index (Phi) is 3.15. The highest BCUT2D eigenvalue weighted by Gasteiger charge is 2.21. The number of ether oxygens (including phenoxy) is 2. The van der Waals surface area contributed by atoms with E-state index in [0.717, 1.165) is 5.57 Å². The first-order chi connectivity index (χ1) is 7.70. The quantitative estimate of drug-likeness (QED) is 0.812. The summed E-state index contributed by atoms with van der Waals surface area (Å²) < 4.78 is 10.7. The van der Waals surface area contributed by atoms with Crippen LogP contribution in [0.5, 0.6) is 11.5 Å². The number of hydrogen-bond donors (Lipinski definition) is 0. The summed E-state index contributed by atoms with van der Waals surface area (Å²) in [6, 6.07) is 5.20. The summed E-state index contributed by atoms with van der Waals surface area (Å²) in [6.07, 6.45) is 0. The maximum absolute atomic E-state index is 11.3. The van der Waals surface area contributed by atoms with E-state index in [-0.39, 0.29) is 12.4 Å². The Hall–Kier alpha value is -1.48. The predicted molar refractivity (Wildman–Crippen MR) is 61.4 cm³/mol. The van der Waals surface area contributed by atoms with Crippen molar-refractivity contribution in [2.45, 2.75) is 6.92 Å². The maximum atomic E-state index is 11.3. The van der Waals surface area contributed by atoms with Gasteiger partial charge >= 0.3 is 0 Å². The van der Waals surface area contributed by atoms with Crippen molar-refractivity contribution < 1.29 is 14.3 Å². The third-order valence-corrected chi connectivity index (χ3v) is 2.64. The third kappa shape index (κ3) is 2.19. The third-order valence-electron chi connectivity index (χ3n) is 2.27.